The highest BCUT2D eigenvalue weighted by Crippen LogP contribution is 2.23. The van der Waals surface area contributed by atoms with Crippen LogP contribution in [0.25, 0.3) is 0 Å². The zero-order chi connectivity index (χ0) is 12.3. The fraction of sp³-hybridized carbons (Fsp3) is 0.0769. The number of anilines is 1. The maximum Gasteiger partial charge on any atom is 0.0551 e. The molecule has 0 saturated heterocycles. The molecule has 17 heavy (non-hydrogen) atoms. The number of rotatable bonds is 3. The summed E-state index contributed by atoms with van der Waals surface area (Å²) < 4.78 is 0.911. The largest absolute Gasteiger partial charge is 0.381 e. The van der Waals surface area contributed by atoms with E-state index in [9.17, 15) is 0 Å². The lowest BCUT2D eigenvalue weighted by Gasteiger charge is -2.07. The molecule has 0 radical (unpaired) electrons. The van der Waals surface area contributed by atoms with Crippen LogP contribution in [-0.4, -0.2) is 0 Å². The summed E-state index contributed by atoms with van der Waals surface area (Å²) in [5, 5.41) is 4.76. The van der Waals surface area contributed by atoms with Crippen molar-refractivity contribution in [3.8, 4) is 0 Å². The SMILES string of the molecule is Clc1ccc(NCc2ccc(Br)c(Cl)c2)cc1. The molecule has 0 aliphatic rings. The van der Waals surface area contributed by atoms with Crippen LogP contribution < -0.4 is 5.32 Å². The van der Waals surface area contributed by atoms with Crippen LogP contribution in [0, 0.1) is 0 Å². The quantitative estimate of drug-likeness (QED) is 0.797. The molecule has 2 aromatic carbocycles. The van der Waals surface area contributed by atoms with Gasteiger partial charge in [-0.25, -0.2) is 0 Å². The Balaban J connectivity index is 2.02. The van der Waals surface area contributed by atoms with Gasteiger partial charge in [0, 0.05) is 21.7 Å². The minimum Gasteiger partial charge on any atom is -0.381 e. The van der Waals surface area contributed by atoms with Crippen molar-refractivity contribution in [3.63, 3.8) is 0 Å². The molecule has 0 aliphatic carbocycles. The van der Waals surface area contributed by atoms with E-state index >= 15 is 0 Å². The van der Waals surface area contributed by atoms with E-state index in [2.05, 4.69) is 21.2 Å². The Morgan fingerprint density at radius 1 is 1.00 bits per heavy atom. The minimum absolute atomic E-state index is 0.723. The lowest BCUT2D eigenvalue weighted by atomic mass is 10.2. The molecular formula is C13H10BrCl2N. The first-order chi connectivity index (χ1) is 8.15. The van der Waals surface area contributed by atoms with Crippen LogP contribution in [0.4, 0.5) is 5.69 Å². The van der Waals surface area contributed by atoms with Gasteiger partial charge in [-0.3, -0.25) is 0 Å². The highest BCUT2D eigenvalue weighted by atomic mass is 79.9. The predicted octanol–water partition coefficient (Wildman–Crippen LogP) is 5.37. The number of benzene rings is 2. The van der Waals surface area contributed by atoms with Crippen LogP contribution in [0.5, 0.6) is 0 Å². The van der Waals surface area contributed by atoms with E-state index in [1.54, 1.807) is 0 Å². The molecule has 0 heterocycles. The Bertz CT molecular complexity index is 511. The summed E-state index contributed by atoms with van der Waals surface area (Å²) in [6.45, 7) is 0.731. The molecule has 0 bridgehead atoms. The molecule has 1 N–H and O–H groups in total. The summed E-state index contributed by atoms with van der Waals surface area (Å²) in [6, 6.07) is 13.5. The van der Waals surface area contributed by atoms with Crippen molar-refractivity contribution in [3.05, 3.63) is 62.5 Å². The van der Waals surface area contributed by atoms with Gasteiger partial charge < -0.3 is 5.32 Å². The molecule has 0 aliphatic heterocycles. The van der Waals surface area contributed by atoms with Crippen molar-refractivity contribution >= 4 is 44.8 Å². The first-order valence-electron chi connectivity index (χ1n) is 5.08. The van der Waals surface area contributed by atoms with E-state index in [4.69, 9.17) is 23.2 Å². The molecule has 0 saturated carbocycles. The van der Waals surface area contributed by atoms with Crippen molar-refractivity contribution in [1.82, 2.24) is 0 Å². The number of hydrogen-bond donors (Lipinski definition) is 1. The van der Waals surface area contributed by atoms with Crippen molar-refractivity contribution in [2.24, 2.45) is 0 Å². The van der Waals surface area contributed by atoms with Gasteiger partial charge in [-0.1, -0.05) is 29.3 Å². The summed E-state index contributed by atoms with van der Waals surface area (Å²) in [5.41, 5.74) is 2.17. The van der Waals surface area contributed by atoms with Crippen LogP contribution in [0.1, 0.15) is 5.56 Å². The van der Waals surface area contributed by atoms with Crippen molar-refractivity contribution in [1.29, 1.82) is 0 Å². The van der Waals surface area contributed by atoms with Gasteiger partial charge in [0.1, 0.15) is 0 Å². The van der Waals surface area contributed by atoms with Crippen LogP contribution in [0.15, 0.2) is 46.9 Å². The molecule has 0 atom stereocenters. The fourth-order valence-corrected chi connectivity index (χ4v) is 2.00. The summed E-state index contributed by atoms with van der Waals surface area (Å²) in [4.78, 5) is 0. The third-order valence-corrected chi connectivity index (χ3v) is 3.81. The smallest absolute Gasteiger partial charge is 0.0551 e. The summed E-state index contributed by atoms with van der Waals surface area (Å²) in [5.74, 6) is 0. The molecule has 88 valence electrons. The Morgan fingerprint density at radius 3 is 2.35 bits per heavy atom. The molecule has 2 aromatic rings. The Hall–Kier alpha value is -0.700. The Labute approximate surface area is 119 Å². The average molecular weight is 331 g/mol. The normalized spacial score (nSPS) is 10.3. The number of hydrogen-bond acceptors (Lipinski definition) is 1. The summed E-state index contributed by atoms with van der Waals surface area (Å²) in [7, 11) is 0. The molecule has 0 fully saturated rings. The maximum atomic E-state index is 6.02. The fourth-order valence-electron chi connectivity index (χ4n) is 1.42. The molecular weight excluding hydrogens is 321 g/mol. The van der Waals surface area contributed by atoms with E-state index in [1.807, 2.05) is 42.5 Å². The Kier molecular flexibility index (Phi) is 4.32. The lowest BCUT2D eigenvalue weighted by Crippen LogP contribution is -1.98. The number of nitrogens with one attached hydrogen (secondary N) is 1. The van der Waals surface area contributed by atoms with Crippen LogP contribution in [0.3, 0.4) is 0 Å². The zero-order valence-electron chi connectivity index (χ0n) is 8.88. The topological polar surface area (TPSA) is 12.0 Å². The molecule has 0 amide bonds. The molecule has 0 aromatic heterocycles. The maximum absolute atomic E-state index is 6.02. The second-order valence-corrected chi connectivity index (χ2v) is 5.31. The summed E-state index contributed by atoms with van der Waals surface area (Å²) in [6.07, 6.45) is 0. The lowest BCUT2D eigenvalue weighted by molar-refractivity contribution is 1.15. The van der Waals surface area contributed by atoms with Crippen LogP contribution in [-0.2, 0) is 6.54 Å². The van der Waals surface area contributed by atoms with E-state index in [-0.39, 0.29) is 0 Å². The minimum atomic E-state index is 0.723. The van der Waals surface area contributed by atoms with Crippen LogP contribution in [0.2, 0.25) is 10.0 Å². The Morgan fingerprint density at radius 2 is 1.71 bits per heavy atom. The van der Waals surface area contributed by atoms with E-state index in [0.29, 0.717) is 0 Å². The van der Waals surface area contributed by atoms with Crippen LogP contribution >= 0.6 is 39.1 Å². The first kappa shape index (κ1) is 12.7. The molecule has 4 heteroatoms. The second kappa shape index (κ2) is 5.76. The third kappa shape index (κ3) is 3.63. The first-order valence-corrected chi connectivity index (χ1v) is 6.63. The van der Waals surface area contributed by atoms with E-state index < -0.39 is 0 Å². The highest BCUT2D eigenvalue weighted by Gasteiger charge is 1.99. The molecule has 0 spiro atoms. The van der Waals surface area contributed by atoms with Crippen molar-refractivity contribution in [2.75, 3.05) is 5.32 Å². The highest BCUT2D eigenvalue weighted by molar-refractivity contribution is 9.10. The van der Waals surface area contributed by atoms with Crippen molar-refractivity contribution in [2.45, 2.75) is 6.54 Å². The van der Waals surface area contributed by atoms with E-state index in [0.717, 1.165) is 32.3 Å². The van der Waals surface area contributed by atoms with Gasteiger partial charge >= 0.3 is 0 Å². The predicted molar refractivity (Wildman–Crippen MR) is 77.9 cm³/mol. The van der Waals surface area contributed by atoms with Gasteiger partial charge in [-0.05, 0) is 57.9 Å². The van der Waals surface area contributed by atoms with Crippen molar-refractivity contribution < 1.29 is 0 Å². The molecule has 2 rings (SSSR count). The number of halogens is 3. The van der Waals surface area contributed by atoms with Gasteiger partial charge in [0.05, 0.1) is 5.02 Å². The zero-order valence-corrected chi connectivity index (χ0v) is 12.0. The average Bonchev–Trinajstić information content (AvgIpc) is 2.33. The van der Waals surface area contributed by atoms with Gasteiger partial charge in [0.25, 0.3) is 0 Å². The third-order valence-electron chi connectivity index (χ3n) is 2.32. The second-order valence-electron chi connectivity index (χ2n) is 3.61. The van der Waals surface area contributed by atoms with Gasteiger partial charge in [0.15, 0.2) is 0 Å². The monoisotopic (exact) mass is 329 g/mol. The molecule has 1 nitrogen and oxygen atoms in total. The van der Waals surface area contributed by atoms with Gasteiger partial charge in [0.2, 0.25) is 0 Å². The van der Waals surface area contributed by atoms with E-state index in [1.165, 1.54) is 0 Å². The summed E-state index contributed by atoms with van der Waals surface area (Å²) >= 11 is 15.2. The standard InChI is InChI=1S/C13H10BrCl2N/c14-12-6-1-9(7-13(12)16)8-17-11-4-2-10(15)3-5-11/h1-7,17H,8H2. The van der Waals surface area contributed by atoms with Gasteiger partial charge in [-0.15, -0.1) is 0 Å². The molecule has 0 unspecified atom stereocenters. The van der Waals surface area contributed by atoms with Gasteiger partial charge in [-0.2, -0.15) is 0 Å².